The summed E-state index contributed by atoms with van der Waals surface area (Å²) >= 11 is 0. The van der Waals surface area contributed by atoms with Crippen LogP contribution in [0.2, 0.25) is 0 Å². The van der Waals surface area contributed by atoms with E-state index in [2.05, 4.69) is 52.3 Å². The standard InChI is InChI=1S/C25H26N3O/c26-17-21-5-1-3-7-24(21)25-8-4-2-6-22(25)18-27-13-15-28(16-14-27)23-11-9-20(19-29)10-12-23/h1-12H,13-18,26H2. The number of benzene rings is 3. The first-order valence-electron chi connectivity index (χ1n) is 10.1. The molecule has 0 unspecified atom stereocenters. The molecule has 1 fully saturated rings. The maximum absolute atomic E-state index is 10.7. The van der Waals surface area contributed by atoms with Gasteiger partial charge >= 0.3 is 0 Å². The van der Waals surface area contributed by atoms with Crippen molar-refractivity contribution in [2.75, 3.05) is 31.1 Å². The number of hydrogen-bond acceptors (Lipinski definition) is 4. The van der Waals surface area contributed by atoms with Crippen LogP contribution < -0.4 is 10.6 Å². The molecular formula is C25H26N3O. The number of piperazine rings is 1. The molecule has 0 atom stereocenters. The molecule has 0 saturated carbocycles. The zero-order chi connectivity index (χ0) is 20.1. The minimum absolute atomic E-state index is 0.545. The predicted molar refractivity (Wildman–Crippen MR) is 118 cm³/mol. The summed E-state index contributed by atoms with van der Waals surface area (Å²) in [5, 5.41) is 0. The molecule has 0 amide bonds. The van der Waals surface area contributed by atoms with Crippen LogP contribution in [0.25, 0.3) is 11.1 Å². The van der Waals surface area contributed by atoms with E-state index in [-0.39, 0.29) is 0 Å². The summed E-state index contributed by atoms with van der Waals surface area (Å²) < 4.78 is 0. The quantitative estimate of drug-likeness (QED) is 0.706. The highest BCUT2D eigenvalue weighted by molar-refractivity contribution is 5.76. The number of hydrogen-bond donors (Lipinski definition) is 1. The van der Waals surface area contributed by atoms with Gasteiger partial charge in [-0.05, 0) is 46.5 Å². The summed E-state index contributed by atoms with van der Waals surface area (Å²) in [6, 6.07) is 24.7. The molecule has 4 nitrogen and oxygen atoms in total. The molecule has 3 aromatic rings. The van der Waals surface area contributed by atoms with E-state index in [1.54, 1.807) is 0 Å². The van der Waals surface area contributed by atoms with E-state index in [1.165, 1.54) is 27.9 Å². The fourth-order valence-corrected chi connectivity index (χ4v) is 4.03. The molecule has 147 valence electrons. The predicted octanol–water partition coefficient (Wildman–Crippen LogP) is 3.59. The SMILES string of the molecule is NCc1ccccc1-c1ccccc1CN1CCN(c2ccc([C]=O)cc2)CC1. The lowest BCUT2D eigenvalue weighted by atomic mass is 9.95. The van der Waals surface area contributed by atoms with Gasteiger partial charge in [0.05, 0.1) is 0 Å². The lowest BCUT2D eigenvalue weighted by Crippen LogP contribution is -2.46. The molecule has 2 N–H and O–H groups in total. The molecule has 1 radical (unpaired) electrons. The summed E-state index contributed by atoms with van der Waals surface area (Å²) in [4.78, 5) is 15.6. The maximum atomic E-state index is 10.7. The van der Waals surface area contributed by atoms with Gasteiger partial charge in [0.25, 0.3) is 0 Å². The van der Waals surface area contributed by atoms with Crippen LogP contribution in [0.4, 0.5) is 5.69 Å². The second-order valence-corrected chi connectivity index (χ2v) is 7.43. The van der Waals surface area contributed by atoms with Crippen LogP contribution in [-0.2, 0) is 17.9 Å². The smallest absolute Gasteiger partial charge is 0.233 e. The minimum Gasteiger partial charge on any atom is -0.369 e. The molecule has 0 spiro atoms. The lowest BCUT2D eigenvalue weighted by molar-refractivity contribution is 0.250. The van der Waals surface area contributed by atoms with Gasteiger partial charge in [-0.25, -0.2) is 0 Å². The Labute approximate surface area is 172 Å². The highest BCUT2D eigenvalue weighted by Gasteiger charge is 2.19. The van der Waals surface area contributed by atoms with Crippen molar-refractivity contribution in [2.45, 2.75) is 13.1 Å². The van der Waals surface area contributed by atoms with Gasteiger partial charge in [0.15, 0.2) is 0 Å². The van der Waals surface area contributed by atoms with Crippen molar-refractivity contribution >= 4 is 12.0 Å². The van der Waals surface area contributed by atoms with Crippen LogP contribution in [0, 0.1) is 0 Å². The zero-order valence-electron chi connectivity index (χ0n) is 16.6. The third-order valence-corrected chi connectivity index (χ3v) is 5.66. The van der Waals surface area contributed by atoms with Crippen molar-refractivity contribution < 1.29 is 4.79 Å². The van der Waals surface area contributed by atoms with Crippen molar-refractivity contribution in [2.24, 2.45) is 5.73 Å². The topological polar surface area (TPSA) is 49.6 Å². The van der Waals surface area contributed by atoms with Crippen LogP contribution >= 0.6 is 0 Å². The molecule has 0 aromatic heterocycles. The monoisotopic (exact) mass is 384 g/mol. The van der Waals surface area contributed by atoms with Crippen LogP contribution in [0.3, 0.4) is 0 Å². The molecule has 0 aliphatic carbocycles. The van der Waals surface area contributed by atoms with Crippen molar-refractivity contribution in [3.05, 3.63) is 89.5 Å². The third-order valence-electron chi connectivity index (χ3n) is 5.66. The highest BCUT2D eigenvalue weighted by atomic mass is 16.1. The molecule has 3 aromatic carbocycles. The van der Waals surface area contributed by atoms with E-state index in [0.717, 1.165) is 32.7 Å². The summed E-state index contributed by atoms with van der Waals surface area (Å²) in [5.41, 5.74) is 12.8. The van der Waals surface area contributed by atoms with Crippen molar-refractivity contribution in [1.82, 2.24) is 4.90 Å². The Bertz CT molecular complexity index is 960. The van der Waals surface area contributed by atoms with Gasteiger partial charge in [-0.1, -0.05) is 48.5 Å². The van der Waals surface area contributed by atoms with Gasteiger partial charge in [0.1, 0.15) is 0 Å². The van der Waals surface area contributed by atoms with Crippen molar-refractivity contribution in [3.63, 3.8) is 0 Å². The van der Waals surface area contributed by atoms with E-state index in [1.807, 2.05) is 36.6 Å². The van der Waals surface area contributed by atoms with E-state index in [9.17, 15) is 4.79 Å². The Hall–Kier alpha value is -2.95. The molecule has 1 aliphatic heterocycles. The van der Waals surface area contributed by atoms with E-state index < -0.39 is 0 Å². The molecule has 29 heavy (non-hydrogen) atoms. The lowest BCUT2D eigenvalue weighted by Gasteiger charge is -2.36. The second-order valence-electron chi connectivity index (χ2n) is 7.43. The van der Waals surface area contributed by atoms with Gasteiger partial charge in [-0.3, -0.25) is 9.69 Å². The summed E-state index contributed by atoms with van der Waals surface area (Å²) in [6.45, 7) is 5.45. The molecule has 1 aliphatic rings. The average Bonchev–Trinajstić information content (AvgIpc) is 2.80. The third kappa shape index (κ3) is 4.39. The first-order chi connectivity index (χ1) is 14.3. The van der Waals surface area contributed by atoms with Gasteiger partial charge in [-0.15, -0.1) is 0 Å². The maximum Gasteiger partial charge on any atom is 0.233 e. The molecule has 0 bridgehead atoms. The Morgan fingerprint density at radius 2 is 1.34 bits per heavy atom. The van der Waals surface area contributed by atoms with Crippen molar-refractivity contribution in [3.8, 4) is 11.1 Å². The van der Waals surface area contributed by atoms with E-state index in [4.69, 9.17) is 5.73 Å². The van der Waals surface area contributed by atoms with Gasteiger partial charge < -0.3 is 10.6 Å². The molecule has 1 heterocycles. The molecule has 4 heteroatoms. The summed E-state index contributed by atoms with van der Waals surface area (Å²) in [5.74, 6) is 0. The Morgan fingerprint density at radius 1 is 0.759 bits per heavy atom. The Kier molecular flexibility index (Phi) is 6.03. The number of rotatable bonds is 6. The zero-order valence-corrected chi connectivity index (χ0v) is 16.6. The van der Waals surface area contributed by atoms with Gasteiger partial charge in [-0.2, -0.15) is 0 Å². The number of anilines is 1. The Morgan fingerprint density at radius 3 is 1.97 bits per heavy atom. The molecule has 1 saturated heterocycles. The van der Waals surface area contributed by atoms with Gasteiger partial charge in [0.2, 0.25) is 6.29 Å². The van der Waals surface area contributed by atoms with Crippen LogP contribution in [0.1, 0.15) is 16.7 Å². The van der Waals surface area contributed by atoms with Crippen LogP contribution in [0.5, 0.6) is 0 Å². The largest absolute Gasteiger partial charge is 0.369 e. The van der Waals surface area contributed by atoms with Crippen molar-refractivity contribution in [1.29, 1.82) is 0 Å². The van der Waals surface area contributed by atoms with Crippen LogP contribution in [-0.4, -0.2) is 37.4 Å². The van der Waals surface area contributed by atoms with Crippen LogP contribution in [0.15, 0.2) is 72.8 Å². The summed E-state index contributed by atoms with van der Waals surface area (Å²) in [7, 11) is 0. The fourth-order valence-electron chi connectivity index (χ4n) is 4.03. The highest BCUT2D eigenvalue weighted by Crippen LogP contribution is 2.28. The fraction of sp³-hybridized carbons (Fsp3) is 0.240. The average molecular weight is 385 g/mol. The molecule has 4 rings (SSSR count). The number of nitrogens with two attached hydrogens (primary N) is 1. The Balaban J connectivity index is 1.45. The van der Waals surface area contributed by atoms with Gasteiger partial charge in [0, 0.05) is 50.5 Å². The van der Waals surface area contributed by atoms with E-state index >= 15 is 0 Å². The first kappa shape index (κ1) is 19.4. The molecular weight excluding hydrogens is 358 g/mol. The number of carbonyl (C=O) groups excluding carboxylic acids is 1. The first-order valence-corrected chi connectivity index (χ1v) is 10.1. The summed E-state index contributed by atoms with van der Waals surface area (Å²) in [6.07, 6.45) is 1.93. The second kappa shape index (κ2) is 9.03. The minimum atomic E-state index is 0.545. The van der Waals surface area contributed by atoms with E-state index in [0.29, 0.717) is 12.1 Å². The number of nitrogens with zero attached hydrogens (tertiary/aromatic N) is 2. The normalized spacial score (nSPS) is 14.7.